The maximum atomic E-state index is 12.2. The topological polar surface area (TPSA) is 221 Å². The second-order valence-corrected chi connectivity index (χ2v) is 15.4. The SMILES string of the molecule is CC(=O)CCC(NC(=O)NC(C)CCCCNCc1ccccc1C)C(C)=O.CC(=O)CCC(NC(=O)NC(CCCCNC(=O)Nc1ccccc1C)C(C)=O)C(C)=O. The number of amides is 6. The van der Waals surface area contributed by atoms with E-state index in [-0.39, 0.29) is 66.3 Å². The number of benzene rings is 2. The highest BCUT2D eigenvalue weighted by atomic mass is 16.2. The number of Topliss-reactive ketones (excluding diaryl/α,β-unsaturated/α-hetero) is 5. The third kappa shape index (κ3) is 24.5. The van der Waals surface area contributed by atoms with E-state index in [0.717, 1.165) is 43.6 Å². The molecule has 0 saturated heterocycles. The number of aryl methyl sites for hydroxylation is 2. The summed E-state index contributed by atoms with van der Waals surface area (Å²) in [6.07, 6.45) is 5.59. The Balaban J connectivity index is 0.000000605. The molecule has 2 aromatic carbocycles. The molecule has 0 radical (unpaired) electrons. The number of carbonyl (C=O) groups is 8. The molecule has 2 aromatic rings. The van der Waals surface area contributed by atoms with E-state index in [9.17, 15) is 38.4 Å². The van der Waals surface area contributed by atoms with Gasteiger partial charge in [0.1, 0.15) is 11.6 Å². The number of para-hydroxylation sites is 1. The molecule has 0 aliphatic carbocycles. The van der Waals surface area contributed by atoms with Crippen molar-refractivity contribution < 1.29 is 38.4 Å². The summed E-state index contributed by atoms with van der Waals surface area (Å²) in [6.45, 7) is 15.3. The van der Waals surface area contributed by atoms with Crippen molar-refractivity contribution in [3.8, 4) is 0 Å². The number of hydrogen-bond donors (Lipinski definition) is 7. The van der Waals surface area contributed by atoms with Crippen LogP contribution in [0, 0.1) is 13.8 Å². The molecule has 332 valence electrons. The largest absolute Gasteiger partial charge is 0.338 e. The maximum absolute atomic E-state index is 12.2. The molecule has 6 amide bonds. The van der Waals surface area contributed by atoms with Crippen LogP contribution in [0.15, 0.2) is 48.5 Å². The summed E-state index contributed by atoms with van der Waals surface area (Å²) in [6, 6.07) is 12.5. The highest BCUT2D eigenvalue weighted by Crippen LogP contribution is 2.13. The van der Waals surface area contributed by atoms with Crippen LogP contribution < -0.4 is 37.2 Å². The Morgan fingerprint density at radius 3 is 1.50 bits per heavy atom. The Labute approximate surface area is 356 Å². The van der Waals surface area contributed by atoms with Gasteiger partial charge >= 0.3 is 18.1 Å². The molecule has 0 heterocycles. The van der Waals surface area contributed by atoms with Crippen LogP contribution in [0.1, 0.15) is 122 Å². The van der Waals surface area contributed by atoms with Gasteiger partial charge in [-0.15, -0.1) is 0 Å². The zero-order chi connectivity index (χ0) is 45.0. The summed E-state index contributed by atoms with van der Waals surface area (Å²) in [4.78, 5) is 93.7. The standard InChI is InChI=1S/C23H34N4O5.C22H35N3O3/c1-15-9-5-6-10-19(15)25-22(31)24-14-8-7-11-20(17(3)29)26-23(32)27-21(18(4)30)13-12-16(2)28;1-16-9-5-6-11-20(16)15-23-14-8-7-10-17(2)24-22(28)25-21(19(4)27)13-12-18(3)26/h5-6,9-10,20-21H,7-8,11-14H2,1-4H3,(H2,24,25,31)(H2,26,27,32);5-6,9,11,17,21,23H,7-8,10,12-15H2,1-4H3,(H2,24,25,28). The number of anilines is 1. The number of ketones is 5. The Hall–Kier alpha value is -5.44. The zero-order valence-electron chi connectivity index (χ0n) is 36.9. The average molecular weight is 836 g/mol. The van der Waals surface area contributed by atoms with Crippen molar-refractivity contribution in [1.29, 1.82) is 0 Å². The first kappa shape index (κ1) is 52.6. The fraction of sp³-hybridized carbons (Fsp3) is 0.556. The summed E-state index contributed by atoms with van der Waals surface area (Å²) >= 11 is 0. The van der Waals surface area contributed by atoms with E-state index in [1.54, 1.807) is 0 Å². The van der Waals surface area contributed by atoms with Crippen LogP contribution in [0.5, 0.6) is 0 Å². The molecule has 7 N–H and O–H groups in total. The monoisotopic (exact) mass is 836 g/mol. The number of urea groups is 3. The molecule has 0 aliphatic rings. The van der Waals surface area contributed by atoms with Crippen LogP contribution >= 0.6 is 0 Å². The molecule has 60 heavy (non-hydrogen) atoms. The quantitative estimate of drug-likeness (QED) is 0.0541. The van der Waals surface area contributed by atoms with Crippen LogP contribution in [-0.4, -0.2) is 84.3 Å². The Morgan fingerprint density at radius 1 is 0.517 bits per heavy atom. The molecule has 2 rings (SSSR count). The van der Waals surface area contributed by atoms with Crippen LogP contribution in [0.2, 0.25) is 0 Å². The van der Waals surface area contributed by atoms with Gasteiger partial charge in [-0.25, -0.2) is 14.4 Å². The molecule has 0 spiro atoms. The van der Waals surface area contributed by atoms with Crippen LogP contribution in [0.3, 0.4) is 0 Å². The number of unbranched alkanes of at least 4 members (excludes halogenated alkanes) is 2. The minimum Gasteiger partial charge on any atom is -0.338 e. The molecule has 0 aromatic heterocycles. The minimum atomic E-state index is -0.775. The van der Waals surface area contributed by atoms with E-state index in [4.69, 9.17) is 0 Å². The van der Waals surface area contributed by atoms with Gasteiger partial charge in [-0.1, -0.05) is 48.9 Å². The highest BCUT2D eigenvalue weighted by Gasteiger charge is 2.22. The van der Waals surface area contributed by atoms with Crippen molar-refractivity contribution in [2.45, 2.75) is 150 Å². The Morgan fingerprint density at radius 2 is 0.983 bits per heavy atom. The van der Waals surface area contributed by atoms with Crippen LogP contribution in [0.25, 0.3) is 0 Å². The van der Waals surface area contributed by atoms with Crippen LogP contribution in [0.4, 0.5) is 20.1 Å². The second-order valence-electron chi connectivity index (χ2n) is 15.4. The van der Waals surface area contributed by atoms with E-state index < -0.39 is 24.2 Å². The fourth-order valence-corrected chi connectivity index (χ4v) is 5.97. The summed E-state index contributed by atoms with van der Waals surface area (Å²) < 4.78 is 0. The molecule has 0 saturated carbocycles. The molecule has 0 aliphatic heterocycles. The average Bonchev–Trinajstić information content (AvgIpc) is 3.17. The van der Waals surface area contributed by atoms with Gasteiger partial charge in [-0.05, 0) is 130 Å². The van der Waals surface area contributed by atoms with Crippen molar-refractivity contribution in [2.75, 3.05) is 18.4 Å². The van der Waals surface area contributed by atoms with Crippen LogP contribution in [-0.2, 0) is 30.5 Å². The first-order valence-electron chi connectivity index (χ1n) is 20.9. The summed E-state index contributed by atoms with van der Waals surface area (Å²) in [5.41, 5.74) is 4.32. The lowest BCUT2D eigenvalue weighted by Crippen LogP contribution is -2.50. The first-order chi connectivity index (χ1) is 28.4. The van der Waals surface area contributed by atoms with E-state index in [1.165, 1.54) is 45.7 Å². The van der Waals surface area contributed by atoms with Gasteiger partial charge in [0, 0.05) is 37.7 Å². The van der Waals surface area contributed by atoms with Gasteiger partial charge in [0.2, 0.25) is 0 Å². The summed E-state index contributed by atoms with van der Waals surface area (Å²) in [7, 11) is 0. The lowest BCUT2D eigenvalue weighted by atomic mass is 10.1. The van der Waals surface area contributed by atoms with Gasteiger partial charge < -0.3 is 46.8 Å². The third-order valence-electron chi connectivity index (χ3n) is 9.75. The maximum Gasteiger partial charge on any atom is 0.319 e. The molecular weight excluding hydrogens is 767 g/mol. The van der Waals surface area contributed by atoms with Crippen molar-refractivity contribution >= 4 is 52.7 Å². The molecule has 15 heteroatoms. The van der Waals surface area contributed by atoms with Gasteiger partial charge in [0.15, 0.2) is 17.3 Å². The number of carbonyl (C=O) groups excluding carboxylic acids is 8. The normalized spacial score (nSPS) is 12.5. The minimum absolute atomic E-state index is 0.0119. The summed E-state index contributed by atoms with van der Waals surface area (Å²) in [5.74, 6) is -0.646. The molecule has 15 nitrogen and oxygen atoms in total. The van der Waals surface area contributed by atoms with Gasteiger partial charge in [-0.3, -0.25) is 14.4 Å². The summed E-state index contributed by atoms with van der Waals surface area (Å²) in [5, 5.41) is 19.7. The smallest absolute Gasteiger partial charge is 0.319 e. The Bertz CT molecular complexity index is 1720. The van der Waals surface area contributed by atoms with E-state index in [1.807, 2.05) is 44.2 Å². The highest BCUT2D eigenvalue weighted by molar-refractivity contribution is 5.91. The number of rotatable bonds is 26. The third-order valence-corrected chi connectivity index (χ3v) is 9.75. The van der Waals surface area contributed by atoms with Crippen molar-refractivity contribution in [1.82, 2.24) is 31.9 Å². The molecule has 4 atom stereocenters. The number of nitrogens with one attached hydrogen (secondary N) is 7. The van der Waals surface area contributed by atoms with Gasteiger partial charge in [0.05, 0.1) is 18.1 Å². The fourth-order valence-electron chi connectivity index (χ4n) is 5.97. The van der Waals surface area contributed by atoms with E-state index in [2.05, 4.69) is 62.3 Å². The van der Waals surface area contributed by atoms with Crippen molar-refractivity contribution in [3.05, 3.63) is 65.2 Å². The lowest BCUT2D eigenvalue weighted by molar-refractivity contribution is -0.121. The Kier molecular flexibility index (Phi) is 26.0. The van der Waals surface area contributed by atoms with E-state index >= 15 is 0 Å². The molecular formula is C45H69N7O8. The van der Waals surface area contributed by atoms with Crippen molar-refractivity contribution in [2.24, 2.45) is 0 Å². The number of hydrogen-bond acceptors (Lipinski definition) is 9. The van der Waals surface area contributed by atoms with Crippen molar-refractivity contribution in [3.63, 3.8) is 0 Å². The molecule has 0 fully saturated rings. The molecule has 0 bridgehead atoms. The van der Waals surface area contributed by atoms with Gasteiger partial charge in [-0.2, -0.15) is 0 Å². The zero-order valence-corrected chi connectivity index (χ0v) is 36.9. The molecule has 4 unspecified atom stereocenters. The van der Waals surface area contributed by atoms with Gasteiger partial charge in [0.25, 0.3) is 0 Å². The predicted octanol–water partition coefficient (Wildman–Crippen LogP) is 6.14. The second kappa shape index (κ2) is 29.7. The lowest BCUT2D eigenvalue weighted by Gasteiger charge is -2.20. The first-order valence-corrected chi connectivity index (χ1v) is 20.9. The van der Waals surface area contributed by atoms with E-state index in [0.29, 0.717) is 32.2 Å². The predicted molar refractivity (Wildman–Crippen MR) is 235 cm³/mol.